The van der Waals surface area contributed by atoms with Gasteiger partial charge in [0.15, 0.2) is 0 Å². The van der Waals surface area contributed by atoms with Crippen LogP contribution in [0.25, 0.3) is 21.9 Å². The van der Waals surface area contributed by atoms with E-state index in [1.54, 1.807) is 18.7 Å². The molecule has 9 nitrogen and oxygen atoms in total. The molecule has 0 spiro atoms. The summed E-state index contributed by atoms with van der Waals surface area (Å²) in [5.74, 6) is 0.381. The van der Waals surface area contributed by atoms with E-state index in [0.717, 1.165) is 54.6 Å². The van der Waals surface area contributed by atoms with Crippen molar-refractivity contribution in [1.82, 2.24) is 23.5 Å². The molecule has 0 atom stereocenters. The van der Waals surface area contributed by atoms with E-state index in [-0.39, 0.29) is 11.5 Å². The van der Waals surface area contributed by atoms with Gasteiger partial charge in [0.1, 0.15) is 16.8 Å². The fourth-order valence-electron chi connectivity index (χ4n) is 5.01. The number of likely N-dealkylation sites (tertiary alicyclic amines) is 1. The first kappa shape index (κ1) is 24.2. The van der Waals surface area contributed by atoms with Crippen LogP contribution in [0.15, 0.2) is 47.3 Å². The Morgan fingerprint density at radius 1 is 1.11 bits per heavy atom. The number of pyridine rings is 1. The second kappa shape index (κ2) is 10.2. The highest BCUT2D eigenvalue weighted by molar-refractivity contribution is 7.00. The Bertz CT molecular complexity index is 1460. The van der Waals surface area contributed by atoms with Crippen molar-refractivity contribution in [3.63, 3.8) is 0 Å². The average Bonchev–Trinajstić information content (AvgIpc) is 3.39. The van der Waals surface area contributed by atoms with Gasteiger partial charge in [0.25, 0.3) is 11.5 Å². The van der Waals surface area contributed by atoms with E-state index in [9.17, 15) is 9.59 Å². The molecule has 10 heteroatoms. The quantitative estimate of drug-likeness (QED) is 0.412. The van der Waals surface area contributed by atoms with Crippen LogP contribution < -0.4 is 20.5 Å². The van der Waals surface area contributed by atoms with Crippen molar-refractivity contribution in [3.05, 3.63) is 58.4 Å². The number of hydrogen-bond donors (Lipinski definition) is 1. The van der Waals surface area contributed by atoms with Crippen LogP contribution in [0, 0.1) is 0 Å². The summed E-state index contributed by atoms with van der Waals surface area (Å²) in [6, 6.07) is 13.6. The van der Waals surface area contributed by atoms with Gasteiger partial charge in [-0.05, 0) is 43.2 Å². The minimum Gasteiger partial charge on any atom is -0.497 e. The van der Waals surface area contributed by atoms with Crippen molar-refractivity contribution in [1.29, 1.82) is 0 Å². The molecule has 1 aliphatic rings. The molecule has 4 aromatic rings. The van der Waals surface area contributed by atoms with Crippen molar-refractivity contribution in [2.75, 3.05) is 45.7 Å². The van der Waals surface area contributed by atoms with Crippen LogP contribution in [0.5, 0.6) is 5.75 Å². The second-order valence-corrected chi connectivity index (χ2v) is 9.66. The monoisotopic (exact) mass is 506 g/mol. The molecule has 2 aromatic heterocycles. The Kier molecular flexibility index (Phi) is 6.88. The zero-order valence-corrected chi connectivity index (χ0v) is 21.5. The van der Waals surface area contributed by atoms with E-state index in [2.05, 4.69) is 43.0 Å². The van der Waals surface area contributed by atoms with Crippen LogP contribution in [0.3, 0.4) is 0 Å². The maximum atomic E-state index is 13.0. The van der Waals surface area contributed by atoms with Gasteiger partial charge in [0, 0.05) is 69.5 Å². The van der Waals surface area contributed by atoms with E-state index >= 15 is 0 Å². The molecule has 2 aromatic carbocycles. The summed E-state index contributed by atoms with van der Waals surface area (Å²) >= 11 is 1.24. The van der Waals surface area contributed by atoms with Gasteiger partial charge in [0.05, 0.1) is 29.9 Å². The van der Waals surface area contributed by atoms with Crippen LogP contribution >= 0.6 is 11.7 Å². The van der Waals surface area contributed by atoms with Crippen LogP contribution in [-0.2, 0) is 6.54 Å². The molecule has 188 valence electrons. The molecule has 3 heterocycles. The first-order chi connectivity index (χ1) is 17.5. The molecule has 1 amide bonds. The number of rotatable bonds is 7. The lowest BCUT2D eigenvalue weighted by molar-refractivity contribution is 0.0964. The van der Waals surface area contributed by atoms with Crippen molar-refractivity contribution >= 4 is 45.3 Å². The van der Waals surface area contributed by atoms with Crippen LogP contribution in [0.2, 0.25) is 0 Å². The molecule has 0 bridgehead atoms. The third-order valence-electron chi connectivity index (χ3n) is 7.18. The predicted molar refractivity (Wildman–Crippen MR) is 143 cm³/mol. The Labute approximate surface area is 213 Å². The third-order valence-corrected chi connectivity index (χ3v) is 7.74. The normalized spacial score (nSPS) is 14.9. The summed E-state index contributed by atoms with van der Waals surface area (Å²) in [6.07, 6.45) is 2.09. The van der Waals surface area contributed by atoms with Crippen LogP contribution in [0.1, 0.15) is 23.2 Å². The topological polar surface area (TPSA) is 92.6 Å². The Balaban J connectivity index is 1.28. The fraction of sp³-hybridized carbons (Fsp3) is 0.385. The second-order valence-electron chi connectivity index (χ2n) is 9.13. The molecule has 0 radical (unpaired) electrons. The van der Waals surface area contributed by atoms with Crippen LogP contribution in [-0.4, -0.2) is 71.0 Å². The van der Waals surface area contributed by atoms with Crippen molar-refractivity contribution in [3.8, 4) is 5.75 Å². The Hall–Kier alpha value is -3.50. The maximum absolute atomic E-state index is 13.0. The summed E-state index contributed by atoms with van der Waals surface area (Å²) in [4.78, 5) is 30.2. The lowest BCUT2D eigenvalue weighted by Gasteiger charge is -2.38. The highest BCUT2D eigenvalue weighted by Gasteiger charge is 2.23. The van der Waals surface area contributed by atoms with Gasteiger partial charge >= 0.3 is 0 Å². The predicted octanol–water partition coefficient (Wildman–Crippen LogP) is 2.98. The number of benzene rings is 2. The number of piperidine rings is 1. The minimum atomic E-state index is -0.272. The average molecular weight is 507 g/mol. The first-order valence-corrected chi connectivity index (χ1v) is 12.8. The lowest BCUT2D eigenvalue weighted by Crippen LogP contribution is -2.44. The van der Waals surface area contributed by atoms with E-state index in [1.807, 2.05) is 24.3 Å². The molecular formula is C26H30N6O3S. The molecule has 0 aliphatic carbocycles. The molecule has 1 N–H and O–H groups in total. The number of anilines is 1. The fourth-order valence-corrected chi connectivity index (χ4v) is 5.53. The van der Waals surface area contributed by atoms with Crippen molar-refractivity contribution < 1.29 is 9.53 Å². The van der Waals surface area contributed by atoms with Crippen LogP contribution in [0.4, 0.5) is 5.69 Å². The zero-order chi connectivity index (χ0) is 25.2. The third kappa shape index (κ3) is 4.66. The smallest absolute Gasteiger partial charge is 0.251 e. The number of fused-ring (bicyclic) bond motifs is 2. The maximum Gasteiger partial charge on any atom is 0.251 e. The summed E-state index contributed by atoms with van der Waals surface area (Å²) in [5.41, 5.74) is 3.95. The number of methoxy groups -OCH3 is 1. The Morgan fingerprint density at radius 3 is 2.64 bits per heavy atom. The number of nitrogens with one attached hydrogen (secondary N) is 1. The van der Waals surface area contributed by atoms with E-state index in [1.165, 1.54) is 17.8 Å². The molecular weight excluding hydrogens is 476 g/mol. The number of carbonyl (C=O) groups is 1. The minimum absolute atomic E-state index is 0.184. The Morgan fingerprint density at radius 2 is 1.89 bits per heavy atom. The first-order valence-electron chi connectivity index (χ1n) is 12.1. The van der Waals surface area contributed by atoms with Gasteiger partial charge in [-0.3, -0.25) is 9.59 Å². The summed E-state index contributed by atoms with van der Waals surface area (Å²) in [5, 5.41) is 3.37. The van der Waals surface area contributed by atoms with Crippen molar-refractivity contribution in [2.24, 2.45) is 0 Å². The standard InChI is InChI=1S/C26H30N6O3S/c1-27-26(34)21-16-25(33)32(24-15-19(35-3)5-6-20(21)24)13-12-31-10-8-17(9-11-31)30(2)18-4-7-22-23(14-18)29-36-28-22/h4-7,14-17H,8-13H2,1-3H3,(H,27,34). The van der Waals surface area contributed by atoms with Crippen molar-refractivity contribution in [2.45, 2.75) is 25.4 Å². The highest BCUT2D eigenvalue weighted by atomic mass is 32.1. The lowest BCUT2D eigenvalue weighted by atomic mass is 10.0. The number of carbonyl (C=O) groups excluding carboxylic acids is 1. The molecule has 1 aliphatic heterocycles. The number of hydrogen-bond acceptors (Lipinski definition) is 8. The van der Waals surface area contributed by atoms with Gasteiger partial charge in [-0.15, -0.1) is 0 Å². The molecule has 1 saturated heterocycles. The summed E-state index contributed by atoms with van der Waals surface area (Å²) < 4.78 is 15.8. The number of aromatic nitrogens is 3. The van der Waals surface area contributed by atoms with E-state index in [0.29, 0.717) is 29.4 Å². The molecule has 5 rings (SSSR count). The molecule has 1 fully saturated rings. The van der Waals surface area contributed by atoms with Gasteiger partial charge in [-0.2, -0.15) is 8.75 Å². The van der Waals surface area contributed by atoms with Gasteiger partial charge in [-0.1, -0.05) is 0 Å². The van der Waals surface area contributed by atoms with Gasteiger partial charge < -0.3 is 24.4 Å². The van der Waals surface area contributed by atoms with E-state index < -0.39 is 0 Å². The number of nitrogens with zero attached hydrogens (tertiary/aromatic N) is 5. The largest absolute Gasteiger partial charge is 0.497 e. The van der Waals surface area contributed by atoms with Gasteiger partial charge in [0.2, 0.25) is 0 Å². The highest BCUT2D eigenvalue weighted by Crippen LogP contribution is 2.26. The summed E-state index contributed by atoms with van der Waals surface area (Å²) in [7, 11) is 5.31. The molecule has 0 unspecified atom stereocenters. The van der Waals surface area contributed by atoms with Gasteiger partial charge in [-0.25, -0.2) is 0 Å². The molecule has 36 heavy (non-hydrogen) atoms. The number of ether oxygens (including phenoxy) is 1. The molecule has 0 saturated carbocycles. The zero-order valence-electron chi connectivity index (χ0n) is 20.7. The summed E-state index contributed by atoms with van der Waals surface area (Å²) in [6.45, 7) is 3.23. The number of amides is 1. The SMILES string of the molecule is CNC(=O)c1cc(=O)n(CCN2CCC(N(C)c3ccc4nsnc4c3)CC2)c2cc(OC)ccc12. The van der Waals surface area contributed by atoms with E-state index in [4.69, 9.17) is 4.74 Å².